The fourth-order valence-corrected chi connectivity index (χ4v) is 5.96. The van der Waals surface area contributed by atoms with Crippen molar-refractivity contribution < 1.29 is 9.53 Å². The number of nitrogens with zero attached hydrogens (tertiary/aromatic N) is 4. The minimum absolute atomic E-state index is 0.228. The van der Waals surface area contributed by atoms with Crippen LogP contribution in [-0.2, 0) is 11.2 Å². The number of rotatable bonds is 4. The van der Waals surface area contributed by atoms with Crippen LogP contribution in [0.4, 0.5) is 5.82 Å². The lowest BCUT2D eigenvalue weighted by Gasteiger charge is -2.57. The lowest BCUT2D eigenvalue weighted by atomic mass is 9.70. The molecule has 4 heterocycles. The van der Waals surface area contributed by atoms with E-state index in [1.807, 2.05) is 19.1 Å². The summed E-state index contributed by atoms with van der Waals surface area (Å²) >= 11 is 0. The summed E-state index contributed by atoms with van der Waals surface area (Å²) in [6.45, 7) is 3.94. The van der Waals surface area contributed by atoms with Gasteiger partial charge in [-0.25, -0.2) is 4.98 Å². The van der Waals surface area contributed by atoms with Gasteiger partial charge in [0.05, 0.1) is 12.8 Å². The molecule has 0 spiro atoms. The van der Waals surface area contributed by atoms with E-state index in [4.69, 9.17) is 4.74 Å². The summed E-state index contributed by atoms with van der Waals surface area (Å²) in [7, 11) is 1.71. The van der Waals surface area contributed by atoms with E-state index in [0.29, 0.717) is 30.2 Å². The van der Waals surface area contributed by atoms with Crippen LogP contribution < -0.4 is 9.64 Å². The normalized spacial score (nSPS) is 28.3. The van der Waals surface area contributed by atoms with Crippen molar-refractivity contribution >= 4 is 11.7 Å². The number of benzene rings is 1. The molecule has 2 bridgehead atoms. The summed E-state index contributed by atoms with van der Waals surface area (Å²) in [5.41, 5.74) is 2.22. The zero-order chi connectivity index (χ0) is 20.7. The molecule has 30 heavy (non-hydrogen) atoms. The smallest absolute Gasteiger partial charge is 0.223 e. The zero-order valence-electron chi connectivity index (χ0n) is 17.8. The van der Waals surface area contributed by atoms with Gasteiger partial charge in [0.15, 0.2) is 0 Å². The van der Waals surface area contributed by atoms with E-state index in [-0.39, 0.29) is 6.04 Å². The van der Waals surface area contributed by atoms with Gasteiger partial charge in [0.2, 0.25) is 5.91 Å². The number of carbonyl (C=O) groups is 1. The van der Waals surface area contributed by atoms with Crippen molar-refractivity contribution in [2.75, 3.05) is 25.1 Å². The molecule has 6 nitrogen and oxygen atoms in total. The summed E-state index contributed by atoms with van der Waals surface area (Å²) in [5.74, 6) is 3.18. The second kappa shape index (κ2) is 7.89. The van der Waals surface area contributed by atoms with Gasteiger partial charge < -0.3 is 14.5 Å². The van der Waals surface area contributed by atoms with Crippen LogP contribution in [0.5, 0.6) is 5.75 Å². The van der Waals surface area contributed by atoms with Crippen LogP contribution in [0.15, 0.2) is 36.7 Å². The van der Waals surface area contributed by atoms with Crippen LogP contribution in [0.25, 0.3) is 0 Å². The number of hydrogen-bond acceptors (Lipinski definition) is 5. The highest BCUT2D eigenvalue weighted by Crippen LogP contribution is 2.43. The van der Waals surface area contributed by atoms with Gasteiger partial charge in [-0.1, -0.05) is 12.1 Å². The molecule has 0 N–H and O–H groups in total. The van der Waals surface area contributed by atoms with Gasteiger partial charge in [-0.05, 0) is 62.1 Å². The minimum atomic E-state index is 0.228. The van der Waals surface area contributed by atoms with E-state index in [1.54, 1.807) is 19.5 Å². The maximum Gasteiger partial charge on any atom is 0.223 e. The second-order valence-electron chi connectivity index (χ2n) is 9.01. The van der Waals surface area contributed by atoms with Gasteiger partial charge in [0, 0.05) is 44.0 Å². The molecule has 1 amide bonds. The van der Waals surface area contributed by atoms with Crippen LogP contribution in [0.3, 0.4) is 0 Å². The van der Waals surface area contributed by atoms with E-state index in [1.165, 1.54) is 12.0 Å². The Labute approximate surface area is 178 Å². The van der Waals surface area contributed by atoms with E-state index in [0.717, 1.165) is 49.6 Å². The highest BCUT2D eigenvalue weighted by Gasteiger charge is 2.49. The lowest BCUT2D eigenvalue weighted by Crippen LogP contribution is -2.65. The number of piperidine rings is 3. The first-order valence-corrected chi connectivity index (χ1v) is 11.1. The van der Waals surface area contributed by atoms with Crippen LogP contribution >= 0.6 is 0 Å². The Kier molecular flexibility index (Phi) is 5.09. The number of carbonyl (C=O) groups excluding carboxylic acids is 1. The Balaban J connectivity index is 1.47. The number of aryl methyl sites for hydroxylation is 1. The SMILES string of the molecule is COc1cccc(C[C@H]2[C@H]3C[C@H](CN(c4nccnc4C)C3)[C@@H]3CCCC(=O)N32)c1. The average molecular weight is 407 g/mol. The van der Waals surface area contributed by atoms with Gasteiger partial charge in [-0.3, -0.25) is 9.78 Å². The Bertz CT molecular complexity index is 933. The number of amides is 1. The van der Waals surface area contributed by atoms with Crippen molar-refractivity contribution in [2.24, 2.45) is 11.8 Å². The van der Waals surface area contributed by atoms with Crippen molar-refractivity contribution in [3.05, 3.63) is 47.9 Å². The maximum absolute atomic E-state index is 13.1. The fourth-order valence-electron chi connectivity index (χ4n) is 5.96. The topological polar surface area (TPSA) is 58.6 Å². The van der Waals surface area contributed by atoms with E-state index < -0.39 is 0 Å². The first kappa shape index (κ1) is 19.3. The third-order valence-corrected chi connectivity index (χ3v) is 7.23. The van der Waals surface area contributed by atoms with Crippen LogP contribution in [0.2, 0.25) is 0 Å². The highest BCUT2D eigenvalue weighted by molar-refractivity contribution is 5.78. The van der Waals surface area contributed by atoms with Gasteiger partial charge in [0.25, 0.3) is 0 Å². The second-order valence-corrected chi connectivity index (χ2v) is 9.01. The number of aromatic nitrogens is 2. The molecule has 3 saturated heterocycles. The van der Waals surface area contributed by atoms with Crippen LogP contribution in [0.1, 0.15) is 36.9 Å². The minimum Gasteiger partial charge on any atom is -0.497 e. The van der Waals surface area contributed by atoms with E-state index in [2.05, 4.69) is 31.9 Å². The lowest BCUT2D eigenvalue weighted by molar-refractivity contribution is -0.148. The molecule has 5 rings (SSSR count). The first-order valence-electron chi connectivity index (χ1n) is 11.1. The van der Waals surface area contributed by atoms with Gasteiger partial charge in [-0.15, -0.1) is 0 Å². The molecular weight excluding hydrogens is 376 g/mol. The Morgan fingerprint density at radius 2 is 2.00 bits per heavy atom. The molecular formula is C24H30N4O2. The third-order valence-electron chi connectivity index (χ3n) is 7.23. The summed E-state index contributed by atoms with van der Waals surface area (Å²) in [6, 6.07) is 8.87. The van der Waals surface area contributed by atoms with Crippen molar-refractivity contribution in [1.29, 1.82) is 0 Å². The fraction of sp³-hybridized carbons (Fsp3) is 0.542. The number of hydrogen-bond donors (Lipinski definition) is 0. The number of anilines is 1. The molecule has 2 aromatic rings. The van der Waals surface area contributed by atoms with Crippen LogP contribution in [0, 0.1) is 18.8 Å². The number of ether oxygens (including phenoxy) is 1. The average Bonchev–Trinajstić information content (AvgIpc) is 2.77. The Morgan fingerprint density at radius 1 is 1.17 bits per heavy atom. The quantitative estimate of drug-likeness (QED) is 0.780. The maximum atomic E-state index is 13.1. The summed E-state index contributed by atoms with van der Waals surface area (Å²) < 4.78 is 5.44. The van der Waals surface area contributed by atoms with Crippen LogP contribution in [-0.4, -0.2) is 53.1 Å². The Morgan fingerprint density at radius 3 is 2.83 bits per heavy atom. The molecule has 3 fully saturated rings. The van der Waals surface area contributed by atoms with Gasteiger partial charge >= 0.3 is 0 Å². The predicted octanol–water partition coefficient (Wildman–Crippen LogP) is 3.24. The molecule has 1 aromatic carbocycles. The summed E-state index contributed by atoms with van der Waals surface area (Å²) in [6.07, 6.45) is 8.44. The summed E-state index contributed by atoms with van der Waals surface area (Å²) in [5, 5.41) is 0. The van der Waals surface area contributed by atoms with Crippen molar-refractivity contribution in [3.8, 4) is 5.75 Å². The molecule has 0 radical (unpaired) electrons. The molecule has 1 aromatic heterocycles. The monoisotopic (exact) mass is 406 g/mol. The molecule has 4 atom stereocenters. The third kappa shape index (κ3) is 3.42. The molecule has 6 heteroatoms. The van der Waals surface area contributed by atoms with E-state index >= 15 is 0 Å². The van der Waals surface area contributed by atoms with Gasteiger partial charge in [-0.2, -0.15) is 0 Å². The molecule has 0 aliphatic carbocycles. The zero-order valence-corrected chi connectivity index (χ0v) is 17.8. The van der Waals surface area contributed by atoms with Crippen molar-refractivity contribution in [2.45, 2.75) is 51.1 Å². The molecule has 3 aliphatic rings. The predicted molar refractivity (Wildman–Crippen MR) is 116 cm³/mol. The van der Waals surface area contributed by atoms with Gasteiger partial charge in [0.1, 0.15) is 11.6 Å². The highest BCUT2D eigenvalue weighted by atomic mass is 16.5. The molecule has 158 valence electrons. The molecule has 0 saturated carbocycles. The summed E-state index contributed by atoms with van der Waals surface area (Å²) in [4.78, 5) is 26.9. The largest absolute Gasteiger partial charge is 0.497 e. The Hall–Kier alpha value is -2.63. The van der Waals surface area contributed by atoms with E-state index in [9.17, 15) is 4.79 Å². The number of fused-ring (bicyclic) bond motifs is 4. The molecule has 0 unspecified atom stereocenters. The molecule has 3 aliphatic heterocycles. The standard InChI is InChI=1S/C24H30N4O2/c1-16-24(26-10-9-25-16)27-14-18-13-19(15-27)22(28-21(18)7-4-8-23(28)29)12-17-5-3-6-20(11-17)30-2/h3,5-6,9-11,18-19,21-22H,4,7-8,12-15H2,1-2H3/t18-,19+,21+,22+/m1/s1. The number of methoxy groups -OCH3 is 1. The first-order chi connectivity index (χ1) is 14.6. The van der Waals surface area contributed by atoms with Crippen molar-refractivity contribution in [3.63, 3.8) is 0 Å². The van der Waals surface area contributed by atoms with Crippen molar-refractivity contribution in [1.82, 2.24) is 14.9 Å².